The fourth-order valence-electron chi connectivity index (χ4n) is 3.98. The minimum absolute atomic E-state index is 0.00367. The highest BCUT2D eigenvalue weighted by Crippen LogP contribution is 2.34. The summed E-state index contributed by atoms with van der Waals surface area (Å²) in [7, 11) is -2.33. The molecule has 2 amide bonds. The first-order chi connectivity index (χ1) is 17.8. The molecule has 11 nitrogen and oxygen atoms in total. The Morgan fingerprint density at radius 2 is 1.82 bits per heavy atom. The number of amides is 2. The van der Waals surface area contributed by atoms with Crippen LogP contribution < -0.4 is 10.6 Å². The average Bonchev–Trinajstić information content (AvgIpc) is 3.09. The van der Waals surface area contributed by atoms with E-state index in [-0.39, 0.29) is 33.4 Å². The van der Waals surface area contributed by atoms with Crippen LogP contribution in [0.15, 0.2) is 46.4 Å². The summed E-state index contributed by atoms with van der Waals surface area (Å²) in [5.74, 6) is -2.14. The van der Waals surface area contributed by atoms with Crippen LogP contribution in [-0.4, -0.2) is 51.3 Å². The number of benzene rings is 2. The molecule has 1 aromatic heterocycles. The molecule has 0 fully saturated rings. The van der Waals surface area contributed by atoms with E-state index in [0.29, 0.717) is 17.0 Å². The summed E-state index contributed by atoms with van der Waals surface area (Å²) in [5.41, 5.74) is 1.58. The van der Waals surface area contributed by atoms with Gasteiger partial charge in [0, 0.05) is 18.8 Å². The lowest BCUT2D eigenvalue weighted by atomic mass is 10.1. The third-order valence-electron chi connectivity index (χ3n) is 6.01. The van der Waals surface area contributed by atoms with E-state index in [1.165, 1.54) is 22.9 Å². The summed E-state index contributed by atoms with van der Waals surface area (Å²) in [6.07, 6.45) is -0.00367. The minimum Gasteiger partial charge on any atom is -0.506 e. The molecule has 0 aliphatic rings. The van der Waals surface area contributed by atoms with Gasteiger partial charge in [-0.25, -0.2) is 8.42 Å². The first kappa shape index (κ1) is 28.7. The molecule has 0 aliphatic carbocycles. The third kappa shape index (κ3) is 5.65. The lowest BCUT2D eigenvalue weighted by Gasteiger charge is -2.18. The Morgan fingerprint density at radius 3 is 2.37 bits per heavy atom. The number of halogens is 1. The summed E-state index contributed by atoms with van der Waals surface area (Å²) in [4.78, 5) is 25.8. The second-order valence-electron chi connectivity index (χ2n) is 8.67. The molecular formula is C25H28ClN5O6S. The van der Waals surface area contributed by atoms with Gasteiger partial charge < -0.3 is 20.9 Å². The number of carbonyl (C=O) groups excluding carboxylic acids is 2. The fourth-order valence-corrected chi connectivity index (χ4v) is 5.92. The fraction of sp³-hybridized carbons (Fsp3) is 0.280. The van der Waals surface area contributed by atoms with Gasteiger partial charge in [-0.1, -0.05) is 35.8 Å². The van der Waals surface area contributed by atoms with Crippen molar-refractivity contribution in [1.82, 2.24) is 9.78 Å². The number of carbonyl (C=O) groups is 2. The van der Waals surface area contributed by atoms with Gasteiger partial charge in [0.2, 0.25) is 5.91 Å². The molecule has 4 N–H and O–H groups in total. The van der Waals surface area contributed by atoms with E-state index in [9.17, 15) is 28.3 Å². The van der Waals surface area contributed by atoms with Gasteiger partial charge >= 0.3 is 0 Å². The van der Waals surface area contributed by atoms with Gasteiger partial charge in [-0.15, -0.1) is 0 Å². The number of aromatic nitrogens is 2. The third-order valence-corrected chi connectivity index (χ3v) is 8.53. The van der Waals surface area contributed by atoms with E-state index in [1.54, 1.807) is 46.9 Å². The Hall–Kier alpha value is -3.90. The molecule has 1 unspecified atom stereocenters. The molecule has 3 aromatic rings. The second-order valence-corrected chi connectivity index (χ2v) is 11.2. The number of nitrogens with zero attached hydrogens (tertiary/aromatic N) is 3. The number of sulfone groups is 1. The maximum absolute atomic E-state index is 13.1. The number of rotatable bonds is 8. The standard InChI is InChI=1S/C25H28ClN5O6S/c1-6-21(38(36,37)16-9-7-8-13(2)10-16)24(33)27-18-12-20(32)19(11-17(18)26)28-25(34)23(30-35)22-14(3)29-31(5)15(22)4/h7-12,21,32,35H,6H2,1-5H3,(H,27,33)(H,28,34)/b30-23+. The Morgan fingerprint density at radius 1 is 1.13 bits per heavy atom. The predicted octanol–water partition coefficient (Wildman–Crippen LogP) is 3.71. The Bertz CT molecular complexity index is 1550. The molecule has 0 radical (unpaired) electrons. The van der Waals surface area contributed by atoms with Crippen LogP contribution in [-0.2, 0) is 26.5 Å². The van der Waals surface area contributed by atoms with Gasteiger partial charge in [-0.2, -0.15) is 5.10 Å². The van der Waals surface area contributed by atoms with E-state index < -0.39 is 32.7 Å². The molecular weight excluding hydrogens is 534 g/mol. The Balaban J connectivity index is 1.84. The molecule has 3 rings (SSSR count). The number of anilines is 2. The summed E-state index contributed by atoms with van der Waals surface area (Å²) in [6, 6.07) is 8.51. The van der Waals surface area contributed by atoms with Crippen LogP contribution >= 0.6 is 11.6 Å². The molecule has 38 heavy (non-hydrogen) atoms. The van der Waals surface area contributed by atoms with Crippen LogP contribution in [0.4, 0.5) is 11.4 Å². The van der Waals surface area contributed by atoms with Crippen LogP contribution in [0.3, 0.4) is 0 Å². The summed E-state index contributed by atoms with van der Waals surface area (Å²) in [6.45, 7) is 6.66. The number of hydrogen-bond acceptors (Lipinski definition) is 8. The van der Waals surface area contributed by atoms with Gasteiger partial charge in [0.1, 0.15) is 11.0 Å². The number of nitrogens with one attached hydrogen (secondary N) is 2. The normalized spacial score (nSPS) is 12.7. The zero-order valence-corrected chi connectivity index (χ0v) is 23.0. The van der Waals surface area contributed by atoms with Gasteiger partial charge in [-0.05, 0) is 51.0 Å². The number of phenolic OH excluding ortho intramolecular Hbond substituents is 1. The number of aromatic hydroxyl groups is 1. The van der Waals surface area contributed by atoms with Gasteiger partial charge in [0.05, 0.1) is 32.6 Å². The van der Waals surface area contributed by atoms with E-state index in [4.69, 9.17) is 11.6 Å². The number of hydrogen-bond donors (Lipinski definition) is 4. The Kier molecular flexibility index (Phi) is 8.48. The van der Waals surface area contributed by atoms with Crippen molar-refractivity contribution in [1.29, 1.82) is 0 Å². The first-order valence-corrected chi connectivity index (χ1v) is 13.4. The van der Waals surface area contributed by atoms with Gasteiger partial charge in [0.25, 0.3) is 5.91 Å². The summed E-state index contributed by atoms with van der Waals surface area (Å²) in [5, 5.41) is 30.7. The minimum atomic E-state index is -4.00. The van der Waals surface area contributed by atoms with Crippen molar-refractivity contribution >= 4 is 50.3 Å². The average molecular weight is 562 g/mol. The smallest absolute Gasteiger partial charge is 0.278 e. The summed E-state index contributed by atoms with van der Waals surface area (Å²) < 4.78 is 27.7. The summed E-state index contributed by atoms with van der Waals surface area (Å²) >= 11 is 6.29. The lowest BCUT2D eigenvalue weighted by molar-refractivity contribution is -0.116. The van der Waals surface area contributed by atoms with Crippen LogP contribution in [0.25, 0.3) is 0 Å². The number of aryl methyl sites for hydroxylation is 3. The monoisotopic (exact) mass is 561 g/mol. The van der Waals surface area contributed by atoms with Crippen molar-refractivity contribution in [3.05, 3.63) is 63.9 Å². The van der Waals surface area contributed by atoms with Crippen molar-refractivity contribution < 1.29 is 28.3 Å². The molecule has 2 aromatic carbocycles. The van der Waals surface area contributed by atoms with E-state index in [2.05, 4.69) is 20.9 Å². The zero-order chi connectivity index (χ0) is 28.4. The van der Waals surface area contributed by atoms with Crippen LogP contribution in [0, 0.1) is 20.8 Å². The SMILES string of the molecule is CCC(C(=O)Nc1cc(O)c(NC(=O)/C(=N/O)c2c(C)nn(C)c2C)cc1Cl)S(=O)(=O)c1cccc(C)c1. The quantitative estimate of drug-likeness (QED) is 0.141. The van der Waals surface area contributed by atoms with Crippen molar-refractivity contribution in [3.8, 4) is 5.75 Å². The van der Waals surface area contributed by atoms with Crippen molar-refractivity contribution in [2.45, 2.75) is 44.3 Å². The second kappa shape index (κ2) is 11.2. The van der Waals surface area contributed by atoms with Crippen LogP contribution in [0.5, 0.6) is 5.75 Å². The van der Waals surface area contributed by atoms with E-state index in [0.717, 1.165) is 11.6 Å². The lowest BCUT2D eigenvalue weighted by Crippen LogP contribution is -2.34. The largest absolute Gasteiger partial charge is 0.506 e. The van der Waals surface area contributed by atoms with E-state index >= 15 is 0 Å². The topological polar surface area (TPSA) is 163 Å². The molecule has 1 atom stereocenters. The Labute approximate surface area is 225 Å². The van der Waals surface area contributed by atoms with Crippen molar-refractivity contribution in [2.75, 3.05) is 10.6 Å². The van der Waals surface area contributed by atoms with Gasteiger partial charge in [0.15, 0.2) is 15.5 Å². The molecule has 13 heteroatoms. The molecule has 0 spiro atoms. The highest BCUT2D eigenvalue weighted by atomic mass is 35.5. The maximum Gasteiger partial charge on any atom is 0.278 e. The molecule has 0 saturated heterocycles. The van der Waals surface area contributed by atoms with Crippen molar-refractivity contribution in [2.24, 2.45) is 12.2 Å². The number of oxime groups is 1. The van der Waals surface area contributed by atoms with Gasteiger partial charge in [-0.3, -0.25) is 14.3 Å². The highest BCUT2D eigenvalue weighted by Gasteiger charge is 2.33. The van der Waals surface area contributed by atoms with Crippen molar-refractivity contribution in [3.63, 3.8) is 0 Å². The maximum atomic E-state index is 13.1. The highest BCUT2D eigenvalue weighted by molar-refractivity contribution is 7.92. The first-order valence-electron chi connectivity index (χ1n) is 11.5. The predicted molar refractivity (Wildman–Crippen MR) is 144 cm³/mol. The zero-order valence-electron chi connectivity index (χ0n) is 21.4. The molecule has 1 heterocycles. The molecule has 202 valence electrons. The number of phenols is 1. The molecule has 0 bridgehead atoms. The van der Waals surface area contributed by atoms with Crippen LogP contribution in [0.2, 0.25) is 5.02 Å². The van der Waals surface area contributed by atoms with Crippen LogP contribution in [0.1, 0.15) is 35.9 Å². The van der Waals surface area contributed by atoms with E-state index in [1.807, 2.05) is 0 Å². The molecule has 0 aliphatic heterocycles. The molecule has 0 saturated carbocycles.